The van der Waals surface area contributed by atoms with E-state index >= 15 is 0 Å². The Morgan fingerprint density at radius 2 is 0.315 bits per heavy atom. The van der Waals surface area contributed by atoms with Gasteiger partial charge in [-0.15, -0.1) is 0 Å². The van der Waals surface area contributed by atoms with Crippen LogP contribution in [-0.4, -0.2) is 0 Å². The molecule has 0 atom stereocenters. The second kappa shape index (κ2) is 10.3. The van der Waals surface area contributed by atoms with E-state index in [1.54, 1.807) is 218 Å². The summed E-state index contributed by atoms with van der Waals surface area (Å²) in [7, 11) is 0. The summed E-state index contributed by atoms with van der Waals surface area (Å²) in [6.07, 6.45) is 57.5. The molecule has 20 rings (SSSR count). The van der Waals surface area contributed by atoms with Gasteiger partial charge < -0.3 is 0 Å². The minimum atomic E-state index is 0.716. The van der Waals surface area contributed by atoms with Crippen LogP contribution in [0.4, 0.5) is 0 Å². The van der Waals surface area contributed by atoms with Crippen LogP contribution in [0.25, 0.3) is 0 Å². The van der Waals surface area contributed by atoms with Crippen LogP contribution in [0.5, 0.6) is 0 Å². The van der Waals surface area contributed by atoms with Crippen molar-refractivity contribution in [3.8, 4) is 0 Å². The molecule has 296 valence electrons. The molecule has 0 aromatic carbocycles. The van der Waals surface area contributed by atoms with E-state index in [-0.39, 0.29) is 0 Å². The first-order valence-corrected chi connectivity index (χ1v) is 26.0. The zero-order chi connectivity index (χ0) is 35.0. The molecular formula is C54H80. The SMILES string of the molecule is C1C2CC3CC1CC(CC14CC5(CC67CC8CC(CC(C8)C6)C7)CC(CC67CC8CC(CC(C8)C6)C7)(C1)CC(CC16CC7CC(CC(C7)C1)C6)(C4)C5)(C2)C3. The third-order valence-electron chi connectivity index (χ3n) is 24.2. The van der Waals surface area contributed by atoms with Crippen LogP contribution in [0.3, 0.4) is 0 Å². The minimum Gasteiger partial charge on any atom is -0.0475 e. The topological polar surface area (TPSA) is 0 Å². The second-order valence-corrected chi connectivity index (χ2v) is 29.4. The number of hydrogen-bond donors (Lipinski definition) is 0. The van der Waals surface area contributed by atoms with Crippen LogP contribution < -0.4 is 0 Å². The highest BCUT2D eigenvalue weighted by Crippen LogP contribution is 2.84. The highest BCUT2D eigenvalue weighted by Gasteiger charge is 2.73. The van der Waals surface area contributed by atoms with Gasteiger partial charge in [0.15, 0.2) is 0 Å². The number of hydrogen-bond acceptors (Lipinski definition) is 0. The highest BCUT2D eigenvalue weighted by atomic mass is 14.8. The predicted octanol–water partition coefficient (Wildman–Crippen LogP) is 14.7. The van der Waals surface area contributed by atoms with Gasteiger partial charge in [0.2, 0.25) is 0 Å². The van der Waals surface area contributed by atoms with Crippen molar-refractivity contribution in [2.24, 2.45) is 114 Å². The minimum absolute atomic E-state index is 0.716. The van der Waals surface area contributed by atoms with E-state index < -0.39 is 0 Å². The van der Waals surface area contributed by atoms with Gasteiger partial charge in [-0.2, -0.15) is 0 Å². The van der Waals surface area contributed by atoms with Gasteiger partial charge in [0, 0.05) is 0 Å². The Morgan fingerprint density at radius 1 is 0.185 bits per heavy atom. The van der Waals surface area contributed by atoms with Gasteiger partial charge in [0.1, 0.15) is 0 Å². The Morgan fingerprint density at radius 3 is 0.444 bits per heavy atom. The van der Waals surface area contributed by atoms with Crippen LogP contribution in [0.1, 0.15) is 218 Å². The van der Waals surface area contributed by atoms with E-state index in [1.165, 1.54) is 0 Å². The lowest BCUT2D eigenvalue weighted by Gasteiger charge is -2.76. The molecule has 0 radical (unpaired) electrons. The zero-order valence-electron chi connectivity index (χ0n) is 35.0. The van der Waals surface area contributed by atoms with Crippen LogP contribution >= 0.6 is 0 Å². The highest BCUT2D eigenvalue weighted by molar-refractivity contribution is 5.23. The second-order valence-electron chi connectivity index (χ2n) is 29.4. The van der Waals surface area contributed by atoms with Crippen molar-refractivity contribution in [1.29, 1.82) is 0 Å². The summed E-state index contributed by atoms with van der Waals surface area (Å²) < 4.78 is 0. The molecule has 20 saturated carbocycles. The monoisotopic (exact) mass is 729 g/mol. The van der Waals surface area contributed by atoms with E-state index in [1.807, 2.05) is 0 Å². The Hall–Kier alpha value is 0. The molecule has 20 aliphatic carbocycles. The van der Waals surface area contributed by atoms with Gasteiger partial charge in [-0.1, -0.05) is 0 Å². The van der Waals surface area contributed by atoms with Gasteiger partial charge in [0.05, 0.1) is 0 Å². The molecule has 0 nitrogen and oxygen atoms in total. The molecule has 20 bridgehead atoms. The van der Waals surface area contributed by atoms with Crippen LogP contribution in [0, 0.1) is 114 Å². The van der Waals surface area contributed by atoms with Gasteiger partial charge in [-0.05, 0) is 333 Å². The summed E-state index contributed by atoms with van der Waals surface area (Å²) in [6.45, 7) is 0. The molecule has 0 heteroatoms. The standard InChI is InChI=1S/C54H80/c1-35-2-37-3-36(1)14-47(13-35,15-37)25-51-29-52(26-48-16-38-4-39(17-48)6-40(5-38)18-48)32-53(30-51,27-49-19-41-7-42(20-49)9-43(8-41)21-49)34-54(31-51,33-52)28-50-22-44-10-45(23-50)12-46(11-44)24-50/h35-46H,1-34H2. The molecule has 0 aromatic heterocycles. The van der Waals surface area contributed by atoms with E-state index in [4.69, 9.17) is 0 Å². The van der Waals surface area contributed by atoms with Crippen LogP contribution in [-0.2, 0) is 0 Å². The van der Waals surface area contributed by atoms with Crippen molar-refractivity contribution in [3.63, 3.8) is 0 Å². The Kier molecular flexibility index (Phi) is 6.25. The van der Waals surface area contributed by atoms with Crippen molar-refractivity contribution in [2.75, 3.05) is 0 Å². The third-order valence-corrected chi connectivity index (χ3v) is 24.2. The first-order valence-electron chi connectivity index (χ1n) is 26.0. The Bertz CT molecular complexity index is 1190. The molecule has 54 heavy (non-hydrogen) atoms. The van der Waals surface area contributed by atoms with Crippen LogP contribution in [0.2, 0.25) is 0 Å². The van der Waals surface area contributed by atoms with Gasteiger partial charge in [0.25, 0.3) is 0 Å². The average molecular weight is 729 g/mol. The maximum Gasteiger partial charge on any atom is -0.0276 e. The van der Waals surface area contributed by atoms with E-state index in [2.05, 4.69) is 0 Å². The molecule has 0 unspecified atom stereocenters. The van der Waals surface area contributed by atoms with E-state index in [9.17, 15) is 0 Å². The maximum absolute atomic E-state index is 1.75. The molecule has 0 spiro atoms. The molecule has 0 aliphatic heterocycles. The van der Waals surface area contributed by atoms with E-state index in [0.29, 0.717) is 21.7 Å². The third kappa shape index (κ3) is 4.79. The molecule has 0 amide bonds. The Labute approximate surface area is 331 Å². The van der Waals surface area contributed by atoms with Crippen molar-refractivity contribution in [2.45, 2.75) is 218 Å². The number of rotatable bonds is 8. The van der Waals surface area contributed by atoms with Gasteiger partial charge in [-0.25, -0.2) is 0 Å². The molecule has 20 fully saturated rings. The first kappa shape index (κ1) is 32.8. The summed E-state index contributed by atoms with van der Waals surface area (Å²) in [6, 6.07) is 0. The zero-order valence-corrected chi connectivity index (χ0v) is 35.0. The molecule has 0 N–H and O–H groups in total. The fourth-order valence-electron chi connectivity index (χ4n) is 27.5. The average Bonchev–Trinajstić information content (AvgIpc) is 2.99. The normalized spacial score (nSPS) is 66.7. The summed E-state index contributed by atoms with van der Waals surface area (Å²) >= 11 is 0. The van der Waals surface area contributed by atoms with Crippen molar-refractivity contribution < 1.29 is 0 Å². The molecule has 0 heterocycles. The molecular weight excluding hydrogens is 649 g/mol. The first-order chi connectivity index (χ1) is 26.0. The lowest BCUT2D eigenvalue weighted by atomic mass is 9.28. The maximum atomic E-state index is 1.75. The summed E-state index contributed by atoms with van der Waals surface area (Å²) in [4.78, 5) is 0. The summed E-state index contributed by atoms with van der Waals surface area (Å²) in [5.41, 5.74) is 5.94. The summed E-state index contributed by atoms with van der Waals surface area (Å²) in [5.74, 6) is 13.6. The Balaban J connectivity index is 0.865. The molecule has 0 saturated heterocycles. The fraction of sp³-hybridized carbons (Fsp3) is 1.00. The predicted molar refractivity (Wildman–Crippen MR) is 218 cm³/mol. The largest absolute Gasteiger partial charge is 0.0475 e. The lowest BCUT2D eigenvalue weighted by molar-refractivity contribution is -0.259. The van der Waals surface area contributed by atoms with Crippen LogP contribution in [0.15, 0.2) is 0 Å². The van der Waals surface area contributed by atoms with Crippen molar-refractivity contribution in [3.05, 3.63) is 0 Å². The van der Waals surface area contributed by atoms with Gasteiger partial charge >= 0.3 is 0 Å². The summed E-state index contributed by atoms with van der Waals surface area (Å²) in [5, 5.41) is 0. The van der Waals surface area contributed by atoms with Crippen molar-refractivity contribution >= 4 is 0 Å². The van der Waals surface area contributed by atoms with Gasteiger partial charge in [-0.3, -0.25) is 0 Å². The van der Waals surface area contributed by atoms with Crippen molar-refractivity contribution in [1.82, 2.24) is 0 Å². The quantitative estimate of drug-likeness (QED) is 0.233. The lowest BCUT2D eigenvalue weighted by Crippen LogP contribution is -2.66. The van der Waals surface area contributed by atoms with E-state index in [0.717, 1.165) is 92.7 Å². The smallest absolute Gasteiger partial charge is 0.0276 e. The molecule has 0 aromatic rings. The fourth-order valence-corrected chi connectivity index (χ4v) is 27.5. The molecule has 20 aliphatic rings.